The van der Waals surface area contributed by atoms with Gasteiger partial charge in [-0.3, -0.25) is 0 Å². The van der Waals surface area contributed by atoms with E-state index in [0.717, 1.165) is 25.9 Å². The molecule has 0 fully saturated rings. The van der Waals surface area contributed by atoms with Gasteiger partial charge in [0.05, 0.1) is 0 Å². The average Bonchev–Trinajstić information content (AvgIpc) is 3.24. The molecule has 0 heterocycles. The van der Waals surface area contributed by atoms with E-state index in [0.29, 0.717) is 0 Å². The Kier molecular flexibility index (Phi) is 7.71. The van der Waals surface area contributed by atoms with Crippen molar-refractivity contribution < 1.29 is 20.5 Å². The zero-order valence-corrected chi connectivity index (χ0v) is 19.1. The molecule has 0 saturated carbocycles. The molecular weight excluding hydrogens is 447 g/mol. The summed E-state index contributed by atoms with van der Waals surface area (Å²) in [5, 5.41) is 0. The second-order valence-electron chi connectivity index (χ2n) is 6.53. The third-order valence-electron chi connectivity index (χ3n) is 5.00. The van der Waals surface area contributed by atoms with E-state index in [1.165, 1.54) is 25.7 Å². The van der Waals surface area contributed by atoms with Crippen LogP contribution in [-0.2, 0) is 20.5 Å². The minimum absolute atomic E-state index is 1.14. The van der Waals surface area contributed by atoms with Gasteiger partial charge in [0, 0.05) is 0 Å². The third-order valence-corrected chi connectivity index (χ3v) is 20.9. The molecule has 3 heteroatoms. The van der Waals surface area contributed by atoms with Crippen LogP contribution >= 0.6 is 0 Å². The summed E-state index contributed by atoms with van der Waals surface area (Å²) in [6.45, 7) is 11.5. The summed E-state index contributed by atoms with van der Waals surface area (Å²) in [4.78, 5) is 0. The molecule has 2 N–H and O–H groups in total. The van der Waals surface area contributed by atoms with Gasteiger partial charge in [0.15, 0.2) is 0 Å². The van der Waals surface area contributed by atoms with E-state index in [1.54, 1.807) is 17.8 Å². The maximum absolute atomic E-state index is 4.15. The molecule has 2 nitrogen and oxygen atoms in total. The summed E-state index contributed by atoms with van der Waals surface area (Å²) in [6.07, 6.45) is 16.6. The number of hydrogen-bond acceptors (Lipinski definition) is 2. The molecule has 0 atom stereocenters. The van der Waals surface area contributed by atoms with Crippen LogP contribution in [0.15, 0.2) is 42.1 Å². The molecule has 2 aliphatic rings. The SMILES string of the molecule is CCC[NH][Hf]([NH]CCC)([C]1=C(CC)C=CC1)[C]1=C(CC)C=CC1. The van der Waals surface area contributed by atoms with E-state index in [9.17, 15) is 0 Å². The molecule has 23 heavy (non-hydrogen) atoms. The van der Waals surface area contributed by atoms with Gasteiger partial charge in [-0.25, -0.2) is 0 Å². The topological polar surface area (TPSA) is 24.1 Å². The van der Waals surface area contributed by atoms with Gasteiger partial charge in [-0.2, -0.15) is 0 Å². The van der Waals surface area contributed by atoms with E-state index >= 15 is 0 Å². The standard InChI is InChI=1S/2C7H9.2C3H8N.Hf/c2*1-2-7-5-3-4-6-7;2*1-2-3-4;/h2*3,5H,2,4H2,1H3;2*4H,2-3H2,1H3;/q;;2*-1;+2. The van der Waals surface area contributed by atoms with Crippen LogP contribution in [0.5, 0.6) is 0 Å². The van der Waals surface area contributed by atoms with Gasteiger partial charge in [0.1, 0.15) is 0 Å². The van der Waals surface area contributed by atoms with E-state index in [2.05, 4.69) is 58.6 Å². The predicted molar refractivity (Wildman–Crippen MR) is 98.7 cm³/mol. The molecule has 2 aliphatic carbocycles. The molecule has 0 radical (unpaired) electrons. The van der Waals surface area contributed by atoms with Crippen LogP contribution in [0.1, 0.15) is 66.2 Å². The first-order valence-corrected chi connectivity index (χ1v) is 16.7. The van der Waals surface area contributed by atoms with E-state index in [4.69, 9.17) is 0 Å². The molecule has 0 aromatic heterocycles. The van der Waals surface area contributed by atoms with Crippen LogP contribution < -0.4 is 6.61 Å². The zero-order chi connectivity index (χ0) is 16.7. The number of rotatable bonds is 10. The molecular formula is C20H34HfN2. The summed E-state index contributed by atoms with van der Waals surface area (Å²) in [5.41, 5.74) is 3.21. The van der Waals surface area contributed by atoms with Gasteiger partial charge in [-0.15, -0.1) is 0 Å². The normalized spacial score (nSPS) is 17.9. The number of hydrogen-bond donors (Lipinski definition) is 2. The van der Waals surface area contributed by atoms with E-state index < -0.39 is 20.5 Å². The minimum atomic E-state index is -3.11. The average molecular weight is 481 g/mol. The van der Waals surface area contributed by atoms with Crippen LogP contribution in [-0.4, -0.2) is 13.1 Å². The van der Waals surface area contributed by atoms with Gasteiger partial charge in [-0.05, 0) is 0 Å². The summed E-state index contributed by atoms with van der Waals surface area (Å²) in [7, 11) is 0. The van der Waals surface area contributed by atoms with Crippen molar-refractivity contribution in [1.82, 2.24) is 6.61 Å². The van der Waals surface area contributed by atoms with Crippen LogP contribution in [0, 0.1) is 0 Å². The van der Waals surface area contributed by atoms with Gasteiger partial charge in [0.25, 0.3) is 0 Å². The molecule has 0 aromatic carbocycles. The molecule has 0 bridgehead atoms. The summed E-state index contributed by atoms with van der Waals surface area (Å²) >= 11 is -3.11. The molecule has 0 unspecified atom stereocenters. The molecule has 0 aromatic rings. The number of allylic oxidation sites excluding steroid dienone is 8. The second kappa shape index (κ2) is 9.29. The quantitative estimate of drug-likeness (QED) is 0.419. The van der Waals surface area contributed by atoms with E-state index in [1.807, 2.05) is 0 Å². The summed E-state index contributed by atoms with van der Waals surface area (Å²) in [5.74, 6) is 0. The molecule has 2 rings (SSSR count). The Hall–Kier alpha value is -0.250. The van der Waals surface area contributed by atoms with Crippen molar-refractivity contribution in [2.24, 2.45) is 0 Å². The molecule has 0 amide bonds. The zero-order valence-electron chi connectivity index (χ0n) is 15.5. The van der Waals surface area contributed by atoms with Gasteiger partial charge >= 0.3 is 149 Å². The van der Waals surface area contributed by atoms with Gasteiger partial charge in [0.2, 0.25) is 0 Å². The maximum atomic E-state index is 4.15. The van der Waals surface area contributed by atoms with Crippen LogP contribution in [0.3, 0.4) is 0 Å². The van der Waals surface area contributed by atoms with Crippen molar-refractivity contribution in [1.29, 1.82) is 0 Å². The fourth-order valence-electron chi connectivity index (χ4n) is 3.85. The Morgan fingerprint density at radius 2 is 1.22 bits per heavy atom. The summed E-state index contributed by atoms with van der Waals surface area (Å²) < 4.78 is 11.8. The third kappa shape index (κ3) is 4.05. The van der Waals surface area contributed by atoms with Crippen molar-refractivity contribution in [2.75, 3.05) is 13.1 Å². The monoisotopic (exact) mass is 482 g/mol. The molecule has 0 spiro atoms. The first kappa shape index (κ1) is 19.1. The fourth-order valence-corrected chi connectivity index (χ4v) is 21.5. The first-order valence-electron chi connectivity index (χ1n) is 9.51. The van der Waals surface area contributed by atoms with E-state index in [-0.39, 0.29) is 0 Å². The van der Waals surface area contributed by atoms with Crippen LogP contribution in [0.2, 0.25) is 0 Å². The molecule has 0 aliphatic heterocycles. The predicted octanol–water partition coefficient (Wildman–Crippen LogP) is 5.22. The van der Waals surface area contributed by atoms with Gasteiger partial charge in [-0.1, -0.05) is 0 Å². The Labute approximate surface area is 148 Å². The Balaban J connectivity index is 2.51. The van der Waals surface area contributed by atoms with Gasteiger partial charge < -0.3 is 0 Å². The molecule has 0 saturated heterocycles. The van der Waals surface area contributed by atoms with Crippen molar-refractivity contribution in [3.63, 3.8) is 0 Å². The van der Waals surface area contributed by atoms with Crippen LogP contribution in [0.4, 0.5) is 0 Å². The first-order chi connectivity index (χ1) is 11.2. The Morgan fingerprint density at radius 3 is 1.57 bits per heavy atom. The van der Waals surface area contributed by atoms with Crippen molar-refractivity contribution in [3.8, 4) is 0 Å². The fraction of sp³-hybridized carbons (Fsp3) is 0.600. The van der Waals surface area contributed by atoms with Crippen molar-refractivity contribution >= 4 is 0 Å². The van der Waals surface area contributed by atoms with Crippen LogP contribution in [0.25, 0.3) is 0 Å². The van der Waals surface area contributed by atoms with Crippen molar-refractivity contribution in [2.45, 2.75) is 66.2 Å². The Bertz CT molecular complexity index is 478. The summed E-state index contributed by atoms with van der Waals surface area (Å²) in [6, 6.07) is 0. The Morgan fingerprint density at radius 1 is 0.783 bits per heavy atom. The second-order valence-corrected chi connectivity index (χ2v) is 18.8. The molecule has 128 valence electrons. The number of nitrogens with one attached hydrogen (secondary N) is 2. The van der Waals surface area contributed by atoms with Crippen molar-refractivity contribution in [3.05, 3.63) is 42.1 Å².